The summed E-state index contributed by atoms with van der Waals surface area (Å²) in [6.07, 6.45) is -0.156. The maximum atomic E-state index is 12.9. The van der Waals surface area contributed by atoms with Crippen molar-refractivity contribution in [3.8, 4) is 11.8 Å². The van der Waals surface area contributed by atoms with Crippen LogP contribution in [-0.2, 0) is 11.2 Å². The monoisotopic (exact) mass is 224 g/mol. The molecule has 0 aliphatic carbocycles. The van der Waals surface area contributed by atoms with Gasteiger partial charge in [-0.3, -0.25) is 4.79 Å². The van der Waals surface area contributed by atoms with Gasteiger partial charge in [-0.2, -0.15) is 12.6 Å². The van der Waals surface area contributed by atoms with E-state index < -0.39 is 11.8 Å². The molecular weight excluding hydrogens is 215 g/mol. The topological polar surface area (TPSA) is 37.3 Å². The van der Waals surface area contributed by atoms with Gasteiger partial charge in [0, 0.05) is 5.56 Å². The van der Waals surface area contributed by atoms with Crippen molar-refractivity contribution >= 4 is 18.6 Å². The number of carbonyl (C=O) groups is 1. The van der Waals surface area contributed by atoms with Gasteiger partial charge in [-0.05, 0) is 17.7 Å². The van der Waals surface area contributed by atoms with Gasteiger partial charge in [-0.25, -0.2) is 4.39 Å². The third-order valence-electron chi connectivity index (χ3n) is 1.72. The molecule has 0 saturated carbocycles. The molecule has 4 heteroatoms. The van der Waals surface area contributed by atoms with E-state index in [4.69, 9.17) is 5.11 Å². The Labute approximate surface area is 92.5 Å². The van der Waals surface area contributed by atoms with Crippen LogP contribution in [0.5, 0.6) is 0 Å². The van der Waals surface area contributed by atoms with E-state index in [0.717, 1.165) is 0 Å². The summed E-state index contributed by atoms with van der Waals surface area (Å²) >= 11 is 3.90. The quantitative estimate of drug-likeness (QED) is 0.593. The molecule has 2 nitrogen and oxygen atoms in total. The van der Waals surface area contributed by atoms with Crippen molar-refractivity contribution in [3.05, 3.63) is 35.1 Å². The number of rotatable bonds is 2. The minimum absolute atomic E-state index is 0.156. The minimum Gasteiger partial charge on any atom is -0.481 e. The van der Waals surface area contributed by atoms with Crippen LogP contribution < -0.4 is 0 Å². The SMILES string of the molecule is O=C(O)Cc1ccc(F)cc1C#CCS. The number of hydrogen-bond donors (Lipinski definition) is 2. The van der Waals surface area contributed by atoms with Crippen LogP contribution in [0.1, 0.15) is 11.1 Å². The van der Waals surface area contributed by atoms with E-state index in [9.17, 15) is 9.18 Å². The summed E-state index contributed by atoms with van der Waals surface area (Å²) in [5.41, 5.74) is 0.921. The number of aliphatic carboxylic acids is 1. The molecule has 78 valence electrons. The molecule has 0 saturated heterocycles. The largest absolute Gasteiger partial charge is 0.481 e. The van der Waals surface area contributed by atoms with Crippen molar-refractivity contribution in [1.29, 1.82) is 0 Å². The lowest BCUT2D eigenvalue weighted by molar-refractivity contribution is -0.136. The maximum Gasteiger partial charge on any atom is 0.307 e. The van der Waals surface area contributed by atoms with Crippen molar-refractivity contribution in [2.24, 2.45) is 0 Å². The van der Waals surface area contributed by atoms with Gasteiger partial charge in [-0.1, -0.05) is 17.9 Å². The van der Waals surface area contributed by atoms with Gasteiger partial charge in [-0.15, -0.1) is 0 Å². The molecule has 0 aliphatic heterocycles. The van der Waals surface area contributed by atoms with Crippen LogP contribution in [0.2, 0.25) is 0 Å². The van der Waals surface area contributed by atoms with E-state index in [1.54, 1.807) is 0 Å². The number of carboxylic acid groups (broad SMARTS) is 1. The first-order valence-electron chi connectivity index (χ1n) is 4.23. The molecule has 0 fully saturated rings. The van der Waals surface area contributed by atoms with Crippen LogP contribution in [0, 0.1) is 17.7 Å². The van der Waals surface area contributed by atoms with Gasteiger partial charge in [0.25, 0.3) is 0 Å². The first-order valence-corrected chi connectivity index (χ1v) is 4.86. The van der Waals surface area contributed by atoms with Crippen molar-refractivity contribution in [2.45, 2.75) is 6.42 Å². The zero-order valence-corrected chi connectivity index (χ0v) is 8.72. The highest BCUT2D eigenvalue weighted by Gasteiger charge is 2.06. The molecule has 0 aromatic heterocycles. The first-order chi connectivity index (χ1) is 7.13. The van der Waals surface area contributed by atoms with Crippen molar-refractivity contribution < 1.29 is 14.3 Å². The van der Waals surface area contributed by atoms with Gasteiger partial charge < -0.3 is 5.11 Å². The number of thiol groups is 1. The summed E-state index contributed by atoms with van der Waals surface area (Å²) in [5.74, 6) is 4.30. The minimum atomic E-state index is -0.962. The van der Waals surface area contributed by atoms with Crippen molar-refractivity contribution in [2.75, 3.05) is 5.75 Å². The van der Waals surface area contributed by atoms with E-state index >= 15 is 0 Å². The van der Waals surface area contributed by atoms with Crippen LogP contribution in [0.4, 0.5) is 4.39 Å². The van der Waals surface area contributed by atoms with Gasteiger partial charge in [0.1, 0.15) is 5.82 Å². The second kappa shape index (κ2) is 5.42. The van der Waals surface area contributed by atoms with E-state index in [0.29, 0.717) is 16.9 Å². The summed E-state index contributed by atoms with van der Waals surface area (Å²) < 4.78 is 12.9. The number of halogens is 1. The fourth-order valence-corrected chi connectivity index (χ4v) is 1.20. The third kappa shape index (κ3) is 3.64. The van der Waals surface area contributed by atoms with E-state index in [1.165, 1.54) is 18.2 Å². The Balaban J connectivity index is 3.08. The molecule has 0 bridgehead atoms. The molecule has 0 radical (unpaired) electrons. The molecule has 1 rings (SSSR count). The predicted octanol–water partition coefficient (Wildman–Crippen LogP) is 1.73. The summed E-state index contributed by atoms with van der Waals surface area (Å²) in [6, 6.07) is 3.89. The zero-order valence-electron chi connectivity index (χ0n) is 7.83. The molecular formula is C11H9FO2S. The summed E-state index contributed by atoms with van der Waals surface area (Å²) in [6.45, 7) is 0. The summed E-state index contributed by atoms with van der Waals surface area (Å²) in [4.78, 5) is 10.5. The average molecular weight is 224 g/mol. The van der Waals surface area contributed by atoms with Crippen LogP contribution >= 0.6 is 12.6 Å². The Morgan fingerprint density at radius 2 is 2.27 bits per heavy atom. The Morgan fingerprint density at radius 1 is 1.53 bits per heavy atom. The van der Waals surface area contributed by atoms with Crippen LogP contribution in [0.3, 0.4) is 0 Å². The fraction of sp³-hybridized carbons (Fsp3) is 0.182. The Morgan fingerprint density at radius 3 is 2.87 bits per heavy atom. The molecule has 0 heterocycles. The molecule has 1 N–H and O–H groups in total. The average Bonchev–Trinajstić information content (AvgIpc) is 2.18. The molecule has 0 unspecified atom stereocenters. The van der Waals surface area contributed by atoms with Gasteiger partial charge in [0.05, 0.1) is 12.2 Å². The third-order valence-corrected chi connectivity index (χ3v) is 1.87. The van der Waals surface area contributed by atoms with Gasteiger partial charge in [0.15, 0.2) is 0 Å². The van der Waals surface area contributed by atoms with Crippen molar-refractivity contribution in [1.82, 2.24) is 0 Å². The molecule has 0 atom stereocenters. The second-order valence-corrected chi connectivity index (χ2v) is 3.15. The number of carboxylic acids is 1. The standard InChI is InChI=1S/C11H9FO2S/c12-10-4-3-9(7-11(13)14)8(6-10)2-1-5-15/h3-4,6,15H,5,7H2,(H,13,14). The highest BCUT2D eigenvalue weighted by atomic mass is 32.1. The smallest absolute Gasteiger partial charge is 0.307 e. The Kier molecular flexibility index (Phi) is 4.19. The molecule has 1 aromatic carbocycles. The van der Waals surface area contributed by atoms with Crippen LogP contribution in [-0.4, -0.2) is 16.8 Å². The Bertz CT molecular complexity index is 432. The molecule has 1 aromatic rings. The second-order valence-electron chi connectivity index (χ2n) is 2.83. The predicted molar refractivity (Wildman–Crippen MR) is 58.5 cm³/mol. The lowest BCUT2D eigenvalue weighted by Crippen LogP contribution is -2.02. The van der Waals surface area contributed by atoms with Crippen LogP contribution in [0.15, 0.2) is 18.2 Å². The van der Waals surface area contributed by atoms with Crippen molar-refractivity contribution in [3.63, 3.8) is 0 Å². The summed E-state index contributed by atoms with van der Waals surface area (Å²) in [5, 5.41) is 8.63. The molecule has 0 spiro atoms. The van der Waals surface area contributed by atoms with Crippen LogP contribution in [0.25, 0.3) is 0 Å². The lowest BCUT2D eigenvalue weighted by atomic mass is 10.0. The molecule has 0 amide bonds. The highest BCUT2D eigenvalue weighted by molar-refractivity contribution is 7.80. The highest BCUT2D eigenvalue weighted by Crippen LogP contribution is 2.11. The fourth-order valence-electron chi connectivity index (χ4n) is 1.12. The maximum absolute atomic E-state index is 12.9. The lowest BCUT2D eigenvalue weighted by Gasteiger charge is -2.01. The van der Waals surface area contributed by atoms with Gasteiger partial charge in [0.2, 0.25) is 0 Å². The van der Waals surface area contributed by atoms with E-state index in [1.807, 2.05) is 0 Å². The molecule has 0 aliphatic rings. The Hall–Kier alpha value is -1.47. The van der Waals surface area contributed by atoms with E-state index in [-0.39, 0.29) is 6.42 Å². The van der Waals surface area contributed by atoms with Gasteiger partial charge >= 0.3 is 5.97 Å². The van der Waals surface area contributed by atoms with E-state index in [2.05, 4.69) is 24.5 Å². The first kappa shape index (κ1) is 11.6. The number of benzene rings is 1. The number of hydrogen-bond acceptors (Lipinski definition) is 2. The molecule has 15 heavy (non-hydrogen) atoms. The normalized spacial score (nSPS) is 9.20. The summed E-state index contributed by atoms with van der Waals surface area (Å²) in [7, 11) is 0. The zero-order chi connectivity index (χ0) is 11.3.